The largest absolute Gasteiger partial charge is 0.478 e. The van der Waals surface area contributed by atoms with Crippen LogP contribution in [0.25, 0.3) is 0 Å². The standard InChI is InChI=1S/C13H16N4O2/c14-12-4-3-10(9-11(12)13(18)19)15-5-1-7-17-8-2-6-16-17/h2-4,6,8-9,15H,1,5,7,14H2,(H,18,19). The number of nitrogens with one attached hydrogen (secondary N) is 1. The Bertz CT molecular complexity index is 552. The number of carboxylic acids is 1. The first-order valence-electron chi connectivity index (χ1n) is 6.01. The Morgan fingerprint density at radius 1 is 1.47 bits per heavy atom. The van der Waals surface area contributed by atoms with Gasteiger partial charge in [-0.05, 0) is 30.7 Å². The SMILES string of the molecule is Nc1ccc(NCCCn2cccn2)cc1C(=O)O. The van der Waals surface area contributed by atoms with Gasteiger partial charge in [0.05, 0.1) is 5.56 Å². The molecule has 1 heterocycles. The van der Waals surface area contributed by atoms with Crippen molar-refractivity contribution in [3.05, 3.63) is 42.2 Å². The van der Waals surface area contributed by atoms with Crippen molar-refractivity contribution in [3.8, 4) is 0 Å². The molecule has 0 unspecified atom stereocenters. The number of nitrogen functional groups attached to an aromatic ring is 1. The van der Waals surface area contributed by atoms with Crippen LogP contribution in [0.1, 0.15) is 16.8 Å². The van der Waals surface area contributed by atoms with E-state index in [1.165, 1.54) is 0 Å². The molecule has 4 N–H and O–H groups in total. The fraction of sp³-hybridized carbons (Fsp3) is 0.231. The number of carbonyl (C=O) groups is 1. The minimum atomic E-state index is -1.02. The van der Waals surface area contributed by atoms with E-state index in [2.05, 4.69) is 10.4 Å². The van der Waals surface area contributed by atoms with Crippen molar-refractivity contribution in [1.29, 1.82) is 0 Å². The Morgan fingerprint density at radius 2 is 2.32 bits per heavy atom. The predicted octanol–water partition coefficient (Wildman–Crippen LogP) is 1.67. The van der Waals surface area contributed by atoms with Crippen LogP contribution in [0.2, 0.25) is 0 Å². The van der Waals surface area contributed by atoms with Crippen LogP contribution in [0.4, 0.5) is 11.4 Å². The molecule has 2 aromatic rings. The second kappa shape index (κ2) is 5.90. The number of carboxylic acid groups (broad SMARTS) is 1. The third kappa shape index (κ3) is 3.48. The molecule has 0 atom stereocenters. The molecule has 2 rings (SSSR count). The van der Waals surface area contributed by atoms with Crippen LogP contribution >= 0.6 is 0 Å². The van der Waals surface area contributed by atoms with E-state index in [0.29, 0.717) is 0 Å². The van der Waals surface area contributed by atoms with Gasteiger partial charge in [-0.3, -0.25) is 4.68 Å². The summed E-state index contributed by atoms with van der Waals surface area (Å²) in [4.78, 5) is 10.9. The van der Waals surface area contributed by atoms with E-state index in [-0.39, 0.29) is 11.3 Å². The molecule has 100 valence electrons. The fourth-order valence-corrected chi connectivity index (χ4v) is 1.76. The molecule has 0 saturated heterocycles. The monoisotopic (exact) mass is 260 g/mol. The molecule has 6 nitrogen and oxygen atoms in total. The Kier molecular flexibility index (Phi) is 4.02. The Hall–Kier alpha value is -2.50. The summed E-state index contributed by atoms with van der Waals surface area (Å²) in [5.41, 5.74) is 6.74. The van der Waals surface area contributed by atoms with Gasteiger partial charge in [-0.1, -0.05) is 0 Å². The molecule has 0 spiro atoms. The topological polar surface area (TPSA) is 93.2 Å². The van der Waals surface area contributed by atoms with Crippen molar-refractivity contribution in [2.75, 3.05) is 17.6 Å². The van der Waals surface area contributed by atoms with Gasteiger partial charge >= 0.3 is 5.97 Å². The molecule has 0 bridgehead atoms. The molecule has 0 aliphatic heterocycles. The van der Waals surface area contributed by atoms with Gasteiger partial charge in [-0.25, -0.2) is 4.79 Å². The number of hydrogen-bond acceptors (Lipinski definition) is 4. The lowest BCUT2D eigenvalue weighted by Gasteiger charge is -2.08. The lowest BCUT2D eigenvalue weighted by molar-refractivity contribution is 0.0698. The zero-order chi connectivity index (χ0) is 13.7. The van der Waals surface area contributed by atoms with Crippen LogP contribution in [0.15, 0.2) is 36.7 Å². The van der Waals surface area contributed by atoms with E-state index in [0.717, 1.165) is 25.2 Å². The summed E-state index contributed by atoms with van der Waals surface area (Å²) >= 11 is 0. The van der Waals surface area contributed by atoms with Crippen molar-refractivity contribution in [1.82, 2.24) is 9.78 Å². The highest BCUT2D eigenvalue weighted by Gasteiger charge is 2.08. The van der Waals surface area contributed by atoms with Crippen LogP contribution in [0.5, 0.6) is 0 Å². The minimum absolute atomic E-state index is 0.122. The number of hydrogen-bond donors (Lipinski definition) is 3. The van der Waals surface area contributed by atoms with Crippen LogP contribution in [0.3, 0.4) is 0 Å². The quantitative estimate of drug-likeness (QED) is 0.542. The average molecular weight is 260 g/mol. The van der Waals surface area contributed by atoms with Crippen molar-refractivity contribution in [2.45, 2.75) is 13.0 Å². The smallest absolute Gasteiger partial charge is 0.337 e. The van der Waals surface area contributed by atoms with Crippen LogP contribution in [-0.4, -0.2) is 27.4 Å². The third-order valence-electron chi connectivity index (χ3n) is 2.74. The highest BCUT2D eigenvalue weighted by Crippen LogP contribution is 2.17. The zero-order valence-corrected chi connectivity index (χ0v) is 10.4. The number of anilines is 2. The molecule has 0 saturated carbocycles. The van der Waals surface area contributed by atoms with Crippen molar-refractivity contribution in [3.63, 3.8) is 0 Å². The fourth-order valence-electron chi connectivity index (χ4n) is 1.76. The van der Waals surface area contributed by atoms with E-state index >= 15 is 0 Å². The maximum Gasteiger partial charge on any atom is 0.337 e. The van der Waals surface area contributed by atoms with Crippen LogP contribution in [-0.2, 0) is 6.54 Å². The summed E-state index contributed by atoms with van der Waals surface area (Å²) < 4.78 is 1.85. The summed E-state index contributed by atoms with van der Waals surface area (Å²) in [6, 6.07) is 6.80. The van der Waals surface area contributed by atoms with Crippen molar-refractivity contribution < 1.29 is 9.90 Å². The number of rotatable bonds is 6. The second-order valence-corrected chi connectivity index (χ2v) is 4.16. The highest BCUT2D eigenvalue weighted by atomic mass is 16.4. The molecule has 0 amide bonds. The molecule has 0 aliphatic carbocycles. The predicted molar refractivity (Wildman–Crippen MR) is 73.1 cm³/mol. The maximum atomic E-state index is 10.9. The van der Waals surface area contributed by atoms with Gasteiger partial charge in [0, 0.05) is 36.9 Å². The number of aromatic nitrogens is 2. The van der Waals surface area contributed by atoms with Gasteiger partial charge in [-0.15, -0.1) is 0 Å². The van der Waals surface area contributed by atoms with E-state index in [1.807, 2.05) is 16.9 Å². The number of benzene rings is 1. The molecule has 0 radical (unpaired) electrons. The molecular formula is C13H16N4O2. The van der Waals surface area contributed by atoms with Gasteiger partial charge in [-0.2, -0.15) is 5.10 Å². The minimum Gasteiger partial charge on any atom is -0.478 e. The molecule has 0 aliphatic rings. The van der Waals surface area contributed by atoms with E-state index < -0.39 is 5.97 Å². The Morgan fingerprint density at radius 3 is 3.00 bits per heavy atom. The molecule has 1 aromatic carbocycles. The van der Waals surface area contributed by atoms with Gasteiger partial charge in [0.1, 0.15) is 0 Å². The molecule has 6 heteroatoms. The summed E-state index contributed by atoms with van der Waals surface area (Å²) in [5.74, 6) is -1.02. The van der Waals surface area contributed by atoms with E-state index in [9.17, 15) is 4.79 Å². The number of aromatic carboxylic acids is 1. The van der Waals surface area contributed by atoms with Gasteiger partial charge < -0.3 is 16.2 Å². The van der Waals surface area contributed by atoms with Crippen molar-refractivity contribution >= 4 is 17.3 Å². The second-order valence-electron chi connectivity index (χ2n) is 4.16. The summed E-state index contributed by atoms with van der Waals surface area (Å²) in [7, 11) is 0. The normalized spacial score (nSPS) is 10.3. The molecule has 0 fully saturated rings. The van der Waals surface area contributed by atoms with Crippen LogP contribution in [0, 0.1) is 0 Å². The molecule has 19 heavy (non-hydrogen) atoms. The van der Waals surface area contributed by atoms with Crippen molar-refractivity contribution in [2.24, 2.45) is 0 Å². The molecule has 1 aromatic heterocycles. The van der Waals surface area contributed by atoms with Gasteiger partial charge in [0.25, 0.3) is 0 Å². The number of aryl methyl sites for hydroxylation is 1. The van der Waals surface area contributed by atoms with Gasteiger partial charge in [0.15, 0.2) is 0 Å². The Balaban J connectivity index is 1.86. The van der Waals surface area contributed by atoms with Crippen LogP contribution < -0.4 is 11.1 Å². The summed E-state index contributed by atoms with van der Waals surface area (Å²) in [6.07, 6.45) is 4.55. The Labute approximate surface area is 110 Å². The number of nitrogens with zero attached hydrogens (tertiary/aromatic N) is 2. The van der Waals surface area contributed by atoms with E-state index in [1.54, 1.807) is 24.4 Å². The van der Waals surface area contributed by atoms with E-state index in [4.69, 9.17) is 10.8 Å². The summed E-state index contributed by atoms with van der Waals surface area (Å²) in [5, 5.41) is 16.2. The third-order valence-corrected chi connectivity index (χ3v) is 2.74. The number of nitrogens with two attached hydrogens (primary N) is 1. The maximum absolute atomic E-state index is 10.9. The van der Waals surface area contributed by atoms with Gasteiger partial charge in [0.2, 0.25) is 0 Å². The first-order valence-corrected chi connectivity index (χ1v) is 6.01. The highest BCUT2D eigenvalue weighted by molar-refractivity contribution is 5.94. The zero-order valence-electron chi connectivity index (χ0n) is 10.4. The lowest BCUT2D eigenvalue weighted by Crippen LogP contribution is -2.08. The first kappa shape index (κ1) is 12.9. The lowest BCUT2D eigenvalue weighted by atomic mass is 10.1. The summed E-state index contributed by atoms with van der Waals surface area (Å²) in [6.45, 7) is 1.56. The molecular weight excluding hydrogens is 244 g/mol. The first-order chi connectivity index (χ1) is 9.16. The average Bonchev–Trinajstić information content (AvgIpc) is 2.89.